The van der Waals surface area contributed by atoms with Crippen LogP contribution in [0.5, 0.6) is 0 Å². The van der Waals surface area contributed by atoms with Gasteiger partial charge in [0, 0.05) is 19.2 Å². The maximum atomic E-state index is 11.8. The van der Waals surface area contributed by atoms with E-state index in [0.29, 0.717) is 5.92 Å². The van der Waals surface area contributed by atoms with Gasteiger partial charge in [-0.05, 0) is 50.0 Å². The van der Waals surface area contributed by atoms with E-state index in [4.69, 9.17) is 0 Å². The molecule has 1 N–H and O–H groups in total. The highest BCUT2D eigenvalue weighted by Gasteiger charge is 2.32. The quantitative estimate of drug-likeness (QED) is 0.943. The molecule has 0 bridgehead atoms. The molecule has 1 fully saturated rings. The lowest BCUT2D eigenvalue weighted by Crippen LogP contribution is -2.40. The molecule has 1 aromatic carbocycles. The highest BCUT2D eigenvalue weighted by Crippen LogP contribution is 2.32. The highest BCUT2D eigenvalue weighted by atomic mass is 16.4. The van der Waals surface area contributed by atoms with Crippen molar-refractivity contribution in [3.63, 3.8) is 0 Å². The first-order valence-corrected chi connectivity index (χ1v) is 8.08. The van der Waals surface area contributed by atoms with Crippen LogP contribution in [0.1, 0.15) is 41.6 Å². The van der Waals surface area contributed by atoms with Crippen molar-refractivity contribution in [2.45, 2.75) is 31.7 Å². The average Bonchev–Trinajstić information content (AvgIpc) is 2.96. The van der Waals surface area contributed by atoms with E-state index in [9.17, 15) is 9.90 Å². The number of rotatable bonds is 4. The van der Waals surface area contributed by atoms with Crippen LogP contribution in [0.2, 0.25) is 0 Å². The van der Waals surface area contributed by atoms with Gasteiger partial charge >= 0.3 is 5.97 Å². The van der Waals surface area contributed by atoms with Gasteiger partial charge in [0.15, 0.2) is 0 Å². The van der Waals surface area contributed by atoms with Crippen molar-refractivity contribution in [2.75, 3.05) is 13.1 Å². The molecule has 1 atom stereocenters. The second-order valence-corrected chi connectivity index (χ2v) is 6.32. The van der Waals surface area contributed by atoms with Gasteiger partial charge < -0.3 is 5.11 Å². The molecule has 122 valence electrons. The second kappa shape index (κ2) is 6.54. The summed E-state index contributed by atoms with van der Waals surface area (Å²) >= 11 is 0. The van der Waals surface area contributed by atoms with Crippen LogP contribution < -0.4 is 0 Å². The first-order valence-electron chi connectivity index (χ1n) is 8.08. The first-order chi connectivity index (χ1) is 11.1. The monoisotopic (exact) mass is 313 g/mol. The van der Waals surface area contributed by atoms with Crippen LogP contribution in [-0.4, -0.2) is 38.8 Å². The fourth-order valence-electron chi connectivity index (χ4n) is 3.48. The van der Waals surface area contributed by atoms with Gasteiger partial charge in [0.25, 0.3) is 0 Å². The fourth-order valence-corrected chi connectivity index (χ4v) is 3.48. The van der Waals surface area contributed by atoms with E-state index in [1.54, 1.807) is 0 Å². The van der Waals surface area contributed by atoms with Gasteiger partial charge in [0.05, 0.1) is 5.69 Å². The third-order valence-electron chi connectivity index (χ3n) is 4.76. The van der Waals surface area contributed by atoms with Crippen LogP contribution in [0.15, 0.2) is 36.5 Å². The van der Waals surface area contributed by atoms with Gasteiger partial charge in [0.2, 0.25) is 0 Å². The van der Waals surface area contributed by atoms with Crippen molar-refractivity contribution in [3.05, 3.63) is 53.3 Å². The zero-order valence-corrected chi connectivity index (χ0v) is 13.6. The molecule has 0 radical (unpaired) electrons. The number of likely N-dealkylation sites (tertiary alicyclic amines) is 1. The predicted octanol–water partition coefficient (Wildman–Crippen LogP) is 2.73. The van der Waals surface area contributed by atoms with Gasteiger partial charge in [-0.25, -0.2) is 0 Å². The molecule has 1 aliphatic rings. The van der Waals surface area contributed by atoms with Crippen LogP contribution in [0.25, 0.3) is 0 Å². The molecule has 0 amide bonds. The lowest BCUT2D eigenvalue weighted by Gasteiger charge is -2.35. The maximum Gasteiger partial charge on any atom is 0.325 e. The van der Waals surface area contributed by atoms with Crippen LogP contribution in [-0.2, 0) is 11.8 Å². The minimum atomic E-state index is -0.768. The third-order valence-corrected chi connectivity index (χ3v) is 4.76. The fraction of sp³-hybridized carbons (Fsp3) is 0.444. The van der Waals surface area contributed by atoms with Crippen LogP contribution in [0.4, 0.5) is 0 Å². The number of aromatic nitrogens is 2. The zero-order valence-electron chi connectivity index (χ0n) is 13.6. The van der Waals surface area contributed by atoms with Crippen LogP contribution in [0.3, 0.4) is 0 Å². The number of carboxylic acids is 1. The van der Waals surface area contributed by atoms with Crippen LogP contribution >= 0.6 is 0 Å². The second-order valence-electron chi connectivity index (χ2n) is 6.32. The Morgan fingerprint density at radius 3 is 2.52 bits per heavy atom. The topological polar surface area (TPSA) is 58.4 Å². The Kier molecular flexibility index (Phi) is 4.48. The van der Waals surface area contributed by atoms with E-state index in [0.717, 1.165) is 42.8 Å². The Hall–Kier alpha value is -2.14. The summed E-state index contributed by atoms with van der Waals surface area (Å²) in [6, 6.07) is 9.28. The molecule has 1 aliphatic heterocycles. The van der Waals surface area contributed by atoms with Crippen LogP contribution in [0, 0.1) is 6.92 Å². The molecule has 1 unspecified atom stereocenters. The summed E-state index contributed by atoms with van der Waals surface area (Å²) in [4.78, 5) is 13.9. The summed E-state index contributed by atoms with van der Waals surface area (Å²) in [5.74, 6) is -0.339. The summed E-state index contributed by atoms with van der Waals surface area (Å²) in [5, 5.41) is 14.2. The highest BCUT2D eigenvalue weighted by molar-refractivity contribution is 5.76. The van der Waals surface area contributed by atoms with Gasteiger partial charge in [-0.15, -0.1) is 0 Å². The Bertz CT molecular complexity index is 687. The van der Waals surface area contributed by atoms with Crippen molar-refractivity contribution in [3.8, 4) is 0 Å². The first kappa shape index (κ1) is 15.7. The normalized spacial score (nSPS) is 18.0. The smallest absolute Gasteiger partial charge is 0.325 e. The van der Waals surface area contributed by atoms with E-state index in [1.807, 2.05) is 49.1 Å². The molecule has 1 aromatic heterocycles. The molecule has 2 aromatic rings. The van der Waals surface area contributed by atoms with Gasteiger partial charge in [-0.3, -0.25) is 14.4 Å². The number of piperidine rings is 1. The number of benzene rings is 1. The van der Waals surface area contributed by atoms with E-state index >= 15 is 0 Å². The molecule has 3 rings (SSSR count). The molecule has 0 aliphatic carbocycles. The minimum Gasteiger partial charge on any atom is -0.480 e. The molecular weight excluding hydrogens is 290 g/mol. The molecule has 1 saturated heterocycles. The zero-order chi connectivity index (χ0) is 16.4. The summed E-state index contributed by atoms with van der Waals surface area (Å²) in [5.41, 5.74) is 3.05. The van der Waals surface area contributed by atoms with Crippen molar-refractivity contribution >= 4 is 5.97 Å². The number of aliphatic carboxylic acids is 1. The van der Waals surface area contributed by atoms with Crippen molar-refractivity contribution < 1.29 is 9.90 Å². The van der Waals surface area contributed by atoms with E-state index in [-0.39, 0.29) is 0 Å². The molecular formula is C18H23N3O2. The van der Waals surface area contributed by atoms with Crippen molar-refractivity contribution in [1.29, 1.82) is 0 Å². The van der Waals surface area contributed by atoms with Crippen molar-refractivity contribution in [2.24, 2.45) is 7.05 Å². The third kappa shape index (κ3) is 3.29. The number of carboxylic acid groups (broad SMARTS) is 1. The van der Waals surface area contributed by atoms with Gasteiger partial charge in [-0.2, -0.15) is 5.10 Å². The van der Waals surface area contributed by atoms with Gasteiger partial charge in [0.1, 0.15) is 6.04 Å². The Morgan fingerprint density at radius 1 is 1.26 bits per heavy atom. The average molecular weight is 313 g/mol. The number of hydrogen-bond acceptors (Lipinski definition) is 3. The minimum absolute atomic E-state index is 0.429. The molecule has 23 heavy (non-hydrogen) atoms. The standard InChI is InChI=1S/C18H23N3O2/c1-13-5-3-4-6-15(13)17(18(22)23)21-11-7-14(8-12-21)16-9-10-20(2)19-16/h3-6,9-10,14,17H,7-8,11-12H2,1-2H3,(H,22,23). The predicted molar refractivity (Wildman–Crippen MR) is 88.3 cm³/mol. The summed E-state index contributed by atoms with van der Waals surface area (Å²) in [6.07, 6.45) is 3.87. The SMILES string of the molecule is Cc1ccccc1C(C(=O)O)N1CCC(c2ccn(C)n2)CC1. The largest absolute Gasteiger partial charge is 0.480 e. The van der Waals surface area contributed by atoms with E-state index in [2.05, 4.69) is 16.1 Å². The lowest BCUT2D eigenvalue weighted by atomic mass is 9.91. The Labute approximate surface area is 136 Å². The molecule has 2 heterocycles. The number of aryl methyl sites for hydroxylation is 2. The van der Waals surface area contributed by atoms with E-state index < -0.39 is 12.0 Å². The molecule has 0 saturated carbocycles. The molecule has 5 nitrogen and oxygen atoms in total. The van der Waals surface area contributed by atoms with Crippen molar-refractivity contribution in [1.82, 2.24) is 14.7 Å². The number of hydrogen-bond donors (Lipinski definition) is 1. The Morgan fingerprint density at radius 2 is 1.96 bits per heavy atom. The summed E-state index contributed by atoms with van der Waals surface area (Å²) in [6.45, 7) is 3.55. The number of carbonyl (C=O) groups is 1. The number of nitrogens with zero attached hydrogens (tertiary/aromatic N) is 3. The summed E-state index contributed by atoms with van der Waals surface area (Å²) < 4.78 is 1.83. The lowest BCUT2D eigenvalue weighted by molar-refractivity contribution is -0.144. The molecule has 5 heteroatoms. The molecule has 0 spiro atoms. The Balaban J connectivity index is 1.74. The maximum absolute atomic E-state index is 11.8. The van der Waals surface area contributed by atoms with E-state index in [1.165, 1.54) is 0 Å². The summed E-state index contributed by atoms with van der Waals surface area (Å²) in [7, 11) is 1.93. The van der Waals surface area contributed by atoms with Gasteiger partial charge in [-0.1, -0.05) is 24.3 Å².